The molecule has 1 aliphatic carbocycles. The smallest absolute Gasteiger partial charge is 0.327 e. The van der Waals surface area contributed by atoms with Gasteiger partial charge in [-0.2, -0.15) is 0 Å². The Bertz CT molecular complexity index is 538. The first-order chi connectivity index (χ1) is 9.59. The lowest BCUT2D eigenvalue weighted by Gasteiger charge is -2.31. The minimum absolute atomic E-state index is 0.0895. The average molecular weight is 294 g/mol. The topological polar surface area (TPSA) is 62.5 Å². The van der Waals surface area contributed by atoms with Crippen molar-refractivity contribution in [1.82, 2.24) is 9.47 Å². The van der Waals surface area contributed by atoms with Crippen LogP contribution >= 0.6 is 11.8 Å². The zero-order valence-electron chi connectivity index (χ0n) is 11.4. The molecule has 0 spiro atoms. The van der Waals surface area contributed by atoms with Crippen molar-refractivity contribution < 1.29 is 14.7 Å². The van der Waals surface area contributed by atoms with Gasteiger partial charge in [0.25, 0.3) is 5.91 Å². The predicted molar refractivity (Wildman–Crippen MR) is 76.8 cm³/mol. The maximum absolute atomic E-state index is 12.7. The van der Waals surface area contributed by atoms with E-state index in [1.54, 1.807) is 6.07 Å². The normalized spacial score (nSPS) is 26.6. The molecule has 0 bridgehead atoms. The van der Waals surface area contributed by atoms with Crippen LogP contribution in [0.4, 0.5) is 0 Å². The van der Waals surface area contributed by atoms with Crippen molar-refractivity contribution >= 4 is 23.6 Å². The lowest BCUT2D eigenvalue weighted by atomic mass is 9.93. The lowest BCUT2D eigenvalue weighted by Crippen LogP contribution is -2.45. The fraction of sp³-hybridized carbons (Fsp3) is 0.571. The van der Waals surface area contributed by atoms with Crippen LogP contribution in [-0.2, 0) is 4.79 Å². The van der Waals surface area contributed by atoms with Gasteiger partial charge in [0.2, 0.25) is 0 Å². The molecule has 0 radical (unpaired) electrons. The van der Waals surface area contributed by atoms with Crippen molar-refractivity contribution in [2.45, 2.75) is 43.6 Å². The number of rotatable bonds is 3. The van der Waals surface area contributed by atoms with Gasteiger partial charge in [0.05, 0.1) is 5.37 Å². The second kappa shape index (κ2) is 5.16. The molecule has 2 atom stereocenters. The minimum Gasteiger partial charge on any atom is -0.480 e. The minimum atomic E-state index is -0.919. The zero-order chi connectivity index (χ0) is 14.3. The Morgan fingerprint density at radius 3 is 2.75 bits per heavy atom. The molecule has 1 amide bonds. The van der Waals surface area contributed by atoms with Crippen LogP contribution in [0.2, 0.25) is 0 Å². The van der Waals surface area contributed by atoms with Gasteiger partial charge < -0.3 is 14.6 Å². The van der Waals surface area contributed by atoms with Crippen LogP contribution in [-0.4, -0.2) is 43.6 Å². The van der Waals surface area contributed by atoms with E-state index >= 15 is 0 Å². The van der Waals surface area contributed by atoms with Gasteiger partial charge in [-0.3, -0.25) is 4.79 Å². The van der Waals surface area contributed by atoms with Gasteiger partial charge in [0, 0.05) is 18.0 Å². The SMILES string of the molecule is CC1SCC(C(=O)O)N1C(=O)c1cccn1C1CCC1. The van der Waals surface area contributed by atoms with Crippen molar-refractivity contribution in [2.75, 3.05) is 5.75 Å². The van der Waals surface area contributed by atoms with Crippen molar-refractivity contribution in [3.63, 3.8) is 0 Å². The number of carboxylic acid groups (broad SMARTS) is 1. The van der Waals surface area contributed by atoms with Crippen molar-refractivity contribution in [3.05, 3.63) is 24.0 Å². The molecular weight excluding hydrogens is 276 g/mol. The van der Waals surface area contributed by atoms with Gasteiger partial charge in [0.1, 0.15) is 11.7 Å². The third-order valence-electron chi connectivity index (χ3n) is 4.21. The summed E-state index contributed by atoms with van der Waals surface area (Å²) in [6, 6.07) is 3.36. The summed E-state index contributed by atoms with van der Waals surface area (Å²) in [5.41, 5.74) is 0.621. The number of thioether (sulfide) groups is 1. The third kappa shape index (κ3) is 2.12. The van der Waals surface area contributed by atoms with Crippen LogP contribution < -0.4 is 0 Å². The number of aromatic nitrogens is 1. The van der Waals surface area contributed by atoms with E-state index in [9.17, 15) is 14.7 Å². The van der Waals surface area contributed by atoms with Crippen LogP contribution in [0.25, 0.3) is 0 Å². The average Bonchev–Trinajstić information content (AvgIpc) is 2.93. The Kier molecular flexibility index (Phi) is 3.50. The predicted octanol–water partition coefficient (Wildman–Crippen LogP) is 2.20. The second-order valence-corrected chi connectivity index (χ2v) is 6.73. The van der Waals surface area contributed by atoms with Crippen LogP contribution in [0.3, 0.4) is 0 Å². The number of amides is 1. The highest BCUT2D eigenvalue weighted by Gasteiger charge is 2.41. The number of aliphatic carboxylic acids is 1. The molecule has 2 unspecified atom stereocenters. The fourth-order valence-electron chi connectivity index (χ4n) is 2.83. The number of carbonyl (C=O) groups is 2. The number of hydrogen-bond donors (Lipinski definition) is 1. The standard InChI is InChI=1S/C14H18N2O3S/c1-9-16(12(8-20-9)14(18)19)13(17)11-6-3-7-15(11)10-4-2-5-10/h3,6-7,9-10,12H,2,4-5,8H2,1H3,(H,18,19). The van der Waals surface area contributed by atoms with E-state index in [0.29, 0.717) is 17.5 Å². The Labute approximate surface area is 121 Å². The first-order valence-corrected chi connectivity index (χ1v) is 7.98. The highest BCUT2D eigenvalue weighted by atomic mass is 32.2. The van der Waals surface area contributed by atoms with Gasteiger partial charge in [-0.15, -0.1) is 11.8 Å². The largest absolute Gasteiger partial charge is 0.480 e. The molecule has 2 fully saturated rings. The van der Waals surface area contributed by atoms with E-state index in [1.165, 1.54) is 23.1 Å². The molecule has 1 saturated heterocycles. The lowest BCUT2D eigenvalue weighted by molar-refractivity contribution is -0.141. The molecule has 1 saturated carbocycles. The zero-order valence-corrected chi connectivity index (χ0v) is 12.2. The van der Waals surface area contributed by atoms with Gasteiger partial charge in [-0.1, -0.05) is 0 Å². The van der Waals surface area contributed by atoms with Gasteiger partial charge in [-0.05, 0) is 38.3 Å². The van der Waals surface area contributed by atoms with Gasteiger partial charge in [0.15, 0.2) is 0 Å². The van der Waals surface area contributed by atoms with E-state index in [0.717, 1.165) is 12.8 Å². The van der Waals surface area contributed by atoms with Crippen LogP contribution in [0.5, 0.6) is 0 Å². The number of hydrogen-bond acceptors (Lipinski definition) is 3. The van der Waals surface area contributed by atoms with E-state index in [-0.39, 0.29) is 11.3 Å². The monoisotopic (exact) mass is 294 g/mol. The summed E-state index contributed by atoms with van der Waals surface area (Å²) in [5, 5.41) is 9.18. The van der Waals surface area contributed by atoms with E-state index < -0.39 is 12.0 Å². The summed E-state index contributed by atoms with van der Waals surface area (Å²) in [6.45, 7) is 1.89. The summed E-state index contributed by atoms with van der Waals surface area (Å²) in [5.74, 6) is -0.615. The number of carbonyl (C=O) groups excluding carboxylic acids is 1. The highest BCUT2D eigenvalue weighted by molar-refractivity contribution is 8.00. The molecule has 1 aromatic heterocycles. The number of carboxylic acids is 1. The van der Waals surface area contributed by atoms with Crippen LogP contribution in [0.1, 0.15) is 42.7 Å². The maximum Gasteiger partial charge on any atom is 0.327 e. The molecule has 1 aromatic rings. The molecule has 108 valence electrons. The molecule has 1 N–H and O–H groups in total. The summed E-state index contributed by atoms with van der Waals surface area (Å²) in [4.78, 5) is 25.5. The van der Waals surface area contributed by atoms with Crippen molar-refractivity contribution in [2.24, 2.45) is 0 Å². The Morgan fingerprint density at radius 1 is 1.40 bits per heavy atom. The first kappa shape index (κ1) is 13.5. The molecule has 20 heavy (non-hydrogen) atoms. The Hall–Kier alpha value is -1.43. The van der Waals surface area contributed by atoms with Crippen LogP contribution in [0.15, 0.2) is 18.3 Å². The summed E-state index contributed by atoms with van der Waals surface area (Å²) in [7, 11) is 0. The fourth-order valence-corrected chi connectivity index (χ4v) is 4.00. The second-order valence-electron chi connectivity index (χ2n) is 5.38. The molecule has 5 nitrogen and oxygen atoms in total. The summed E-state index contributed by atoms with van der Waals surface area (Å²) >= 11 is 1.52. The maximum atomic E-state index is 12.7. The summed E-state index contributed by atoms with van der Waals surface area (Å²) < 4.78 is 2.01. The molecule has 1 aliphatic heterocycles. The quantitative estimate of drug-likeness (QED) is 0.928. The Morgan fingerprint density at radius 2 is 2.15 bits per heavy atom. The molecule has 2 aliphatic rings. The molecule has 2 heterocycles. The highest BCUT2D eigenvalue weighted by Crippen LogP contribution is 2.35. The molecule has 6 heteroatoms. The van der Waals surface area contributed by atoms with Crippen molar-refractivity contribution in [1.29, 1.82) is 0 Å². The molecule has 3 rings (SSSR count). The summed E-state index contributed by atoms with van der Waals surface area (Å²) in [6.07, 6.45) is 5.33. The molecule has 0 aromatic carbocycles. The van der Waals surface area contributed by atoms with E-state index in [2.05, 4.69) is 0 Å². The first-order valence-electron chi connectivity index (χ1n) is 6.93. The van der Waals surface area contributed by atoms with E-state index in [1.807, 2.05) is 23.8 Å². The van der Waals surface area contributed by atoms with Crippen molar-refractivity contribution in [3.8, 4) is 0 Å². The van der Waals surface area contributed by atoms with Gasteiger partial charge >= 0.3 is 5.97 Å². The number of nitrogens with zero attached hydrogens (tertiary/aromatic N) is 2. The third-order valence-corrected chi connectivity index (χ3v) is 5.43. The Balaban J connectivity index is 1.88. The van der Waals surface area contributed by atoms with E-state index in [4.69, 9.17) is 0 Å². The van der Waals surface area contributed by atoms with Gasteiger partial charge in [-0.25, -0.2) is 4.79 Å². The molecular formula is C14H18N2O3S. The van der Waals surface area contributed by atoms with Crippen LogP contribution in [0, 0.1) is 0 Å².